The number of aryl methyl sites for hydroxylation is 1. The number of benzene rings is 2. The fourth-order valence-electron chi connectivity index (χ4n) is 3.51. The molecule has 0 radical (unpaired) electrons. The summed E-state index contributed by atoms with van der Waals surface area (Å²) in [5, 5.41) is 10.4. The van der Waals surface area contributed by atoms with E-state index in [9.17, 15) is 14.0 Å². The lowest BCUT2D eigenvalue weighted by Crippen LogP contribution is -2.37. The van der Waals surface area contributed by atoms with Gasteiger partial charge in [0.25, 0.3) is 11.8 Å². The van der Waals surface area contributed by atoms with Crippen LogP contribution in [0.1, 0.15) is 48.5 Å². The van der Waals surface area contributed by atoms with Gasteiger partial charge in [0, 0.05) is 18.1 Å². The van der Waals surface area contributed by atoms with Crippen molar-refractivity contribution in [3.05, 3.63) is 65.6 Å². The summed E-state index contributed by atoms with van der Waals surface area (Å²) in [6.45, 7) is 4.87. The Morgan fingerprint density at radius 1 is 1.05 bits per heavy atom. The first-order valence-electron chi connectivity index (χ1n) is 12.1. The molecule has 2 atom stereocenters. The van der Waals surface area contributed by atoms with Gasteiger partial charge in [-0.3, -0.25) is 9.59 Å². The van der Waals surface area contributed by atoms with Crippen LogP contribution >= 0.6 is 12.4 Å². The highest BCUT2D eigenvalue weighted by Gasteiger charge is 2.22. The molecule has 1 amide bonds. The van der Waals surface area contributed by atoms with Crippen molar-refractivity contribution < 1.29 is 32.5 Å². The van der Waals surface area contributed by atoms with Gasteiger partial charge in [0.1, 0.15) is 18.2 Å². The second-order valence-electron chi connectivity index (χ2n) is 8.59. The summed E-state index contributed by atoms with van der Waals surface area (Å²) in [5.74, 6) is -0.165. The van der Waals surface area contributed by atoms with Gasteiger partial charge in [-0.1, -0.05) is 23.3 Å². The number of nitrogens with zero attached hydrogens (tertiary/aromatic N) is 4. The van der Waals surface area contributed by atoms with Crippen LogP contribution < -0.4 is 15.8 Å². The maximum Gasteiger partial charge on any atom is 0.319 e. The first-order chi connectivity index (χ1) is 18.8. The second-order valence-corrected chi connectivity index (χ2v) is 8.59. The normalized spacial score (nSPS) is 12.2. The molecule has 0 saturated heterocycles. The fraction of sp³-hybridized carbons (Fsp3) is 0.308. The summed E-state index contributed by atoms with van der Waals surface area (Å²) in [5.41, 5.74) is 6.08. The number of halogens is 2. The molecule has 40 heavy (non-hydrogen) atoms. The number of esters is 1. The topological polar surface area (TPSA) is 168 Å². The molecule has 4 rings (SSSR count). The summed E-state index contributed by atoms with van der Waals surface area (Å²) in [7, 11) is 0. The van der Waals surface area contributed by atoms with Crippen molar-refractivity contribution >= 4 is 24.3 Å². The van der Waals surface area contributed by atoms with Crippen molar-refractivity contribution in [2.75, 3.05) is 13.2 Å². The van der Waals surface area contributed by atoms with Crippen molar-refractivity contribution in [3.63, 3.8) is 0 Å². The van der Waals surface area contributed by atoms with E-state index in [1.807, 2.05) is 6.92 Å². The summed E-state index contributed by atoms with van der Waals surface area (Å²) in [6, 6.07) is 10.6. The van der Waals surface area contributed by atoms with Crippen LogP contribution in [0.25, 0.3) is 22.8 Å². The molecule has 212 valence electrons. The minimum Gasteiger partial charge on any atom is -0.481 e. The Hall–Kier alpha value is -4.36. The van der Waals surface area contributed by atoms with Crippen molar-refractivity contribution in [2.24, 2.45) is 5.73 Å². The first-order valence-corrected chi connectivity index (χ1v) is 12.1. The highest BCUT2D eigenvalue weighted by molar-refractivity contribution is 5.95. The largest absolute Gasteiger partial charge is 0.481 e. The smallest absolute Gasteiger partial charge is 0.319 e. The van der Waals surface area contributed by atoms with Gasteiger partial charge in [-0.2, -0.15) is 9.97 Å². The first kappa shape index (κ1) is 30.2. The standard InChI is InChI=1S/C26H27FN6O6.ClH/c1-4-21(37-18-8-5-16(6-9-18)23-30-15(3)38-32-23)26-31-24(33-39-26)17-7-10-19(20(27)11-17)25(35)29-14(2)13-36-22(34)12-28;/h5-11,14,21H,4,12-13,28H2,1-3H3,(H,29,35);1H/t14-,21?;/m0./s1. The van der Waals surface area contributed by atoms with Crippen molar-refractivity contribution in [2.45, 2.75) is 39.3 Å². The molecular formula is C26H28ClFN6O6. The summed E-state index contributed by atoms with van der Waals surface area (Å²) < 4.78 is 36.1. The molecule has 0 aliphatic carbocycles. The van der Waals surface area contributed by atoms with Crippen LogP contribution in [-0.2, 0) is 9.53 Å². The maximum atomic E-state index is 14.8. The number of hydrogen-bond acceptors (Lipinski definition) is 11. The number of amides is 1. The highest BCUT2D eigenvalue weighted by Crippen LogP contribution is 2.28. The average molecular weight is 575 g/mol. The lowest BCUT2D eigenvalue weighted by atomic mass is 10.1. The van der Waals surface area contributed by atoms with E-state index in [4.69, 9.17) is 24.3 Å². The van der Waals surface area contributed by atoms with Gasteiger partial charge in [-0.15, -0.1) is 12.4 Å². The van der Waals surface area contributed by atoms with Gasteiger partial charge in [0.2, 0.25) is 17.5 Å². The summed E-state index contributed by atoms with van der Waals surface area (Å²) in [4.78, 5) is 32.2. The SMILES string of the molecule is CCC(Oc1ccc(-c2noc(C)n2)cc1)c1nc(-c2ccc(C(=O)N[C@@H](C)COC(=O)CN)c(F)c2)no1.Cl. The van der Waals surface area contributed by atoms with Gasteiger partial charge in [-0.25, -0.2) is 4.39 Å². The van der Waals surface area contributed by atoms with Crippen molar-refractivity contribution in [1.29, 1.82) is 0 Å². The number of aromatic nitrogens is 4. The van der Waals surface area contributed by atoms with E-state index in [-0.39, 0.29) is 42.8 Å². The molecule has 0 spiro atoms. The zero-order valence-corrected chi connectivity index (χ0v) is 22.7. The van der Waals surface area contributed by atoms with Crippen LogP contribution in [0.3, 0.4) is 0 Å². The van der Waals surface area contributed by atoms with Gasteiger partial charge < -0.3 is 29.6 Å². The Balaban J connectivity index is 0.00000441. The number of nitrogens with one attached hydrogen (secondary N) is 1. The van der Waals surface area contributed by atoms with E-state index in [0.717, 1.165) is 11.6 Å². The monoisotopic (exact) mass is 574 g/mol. The van der Waals surface area contributed by atoms with Gasteiger partial charge in [0.05, 0.1) is 18.2 Å². The molecule has 0 saturated carbocycles. The molecule has 12 nitrogen and oxygen atoms in total. The predicted octanol–water partition coefficient (Wildman–Crippen LogP) is 3.81. The molecule has 2 aromatic carbocycles. The molecule has 4 aromatic rings. The molecule has 0 aliphatic heterocycles. The minimum absolute atomic E-state index is 0. The molecule has 1 unspecified atom stereocenters. The molecule has 2 heterocycles. The third kappa shape index (κ3) is 7.39. The Bertz CT molecular complexity index is 1440. The van der Waals surface area contributed by atoms with E-state index in [1.165, 1.54) is 12.1 Å². The van der Waals surface area contributed by atoms with Gasteiger partial charge in [-0.05, 0) is 49.7 Å². The van der Waals surface area contributed by atoms with E-state index >= 15 is 0 Å². The Kier molecular flexibility index (Phi) is 10.3. The van der Waals surface area contributed by atoms with Crippen LogP contribution in [-0.4, -0.2) is 51.4 Å². The molecule has 14 heteroatoms. The van der Waals surface area contributed by atoms with Gasteiger partial charge in [0.15, 0.2) is 6.10 Å². The number of hydrogen-bond donors (Lipinski definition) is 2. The zero-order chi connectivity index (χ0) is 27.9. The Labute approximate surface area is 234 Å². The number of carbonyl (C=O) groups is 2. The highest BCUT2D eigenvalue weighted by atomic mass is 35.5. The number of ether oxygens (including phenoxy) is 2. The van der Waals surface area contributed by atoms with E-state index in [2.05, 4.69) is 25.6 Å². The van der Waals surface area contributed by atoms with Crippen LogP contribution in [0.15, 0.2) is 51.5 Å². The summed E-state index contributed by atoms with van der Waals surface area (Å²) in [6.07, 6.45) is -0.0195. The van der Waals surface area contributed by atoms with Crippen LogP contribution in [0.2, 0.25) is 0 Å². The van der Waals surface area contributed by atoms with Crippen LogP contribution in [0, 0.1) is 12.7 Å². The third-order valence-corrected chi connectivity index (χ3v) is 5.52. The number of nitrogens with two attached hydrogens (primary N) is 1. The predicted molar refractivity (Wildman–Crippen MR) is 142 cm³/mol. The van der Waals surface area contributed by atoms with Crippen LogP contribution in [0.5, 0.6) is 5.75 Å². The van der Waals surface area contributed by atoms with E-state index in [1.54, 1.807) is 38.1 Å². The van der Waals surface area contributed by atoms with Gasteiger partial charge >= 0.3 is 5.97 Å². The maximum absolute atomic E-state index is 14.8. The third-order valence-electron chi connectivity index (χ3n) is 5.52. The second kappa shape index (κ2) is 13.6. The number of carbonyl (C=O) groups excluding carboxylic acids is 2. The zero-order valence-electron chi connectivity index (χ0n) is 21.9. The molecule has 0 bridgehead atoms. The lowest BCUT2D eigenvalue weighted by molar-refractivity contribution is -0.142. The Morgan fingerprint density at radius 2 is 1.73 bits per heavy atom. The molecule has 2 aromatic heterocycles. The van der Waals surface area contributed by atoms with E-state index < -0.39 is 29.8 Å². The van der Waals surface area contributed by atoms with Crippen molar-refractivity contribution in [3.8, 4) is 28.5 Å². The van der Waals surface area contributed by atoms with Crippen LogP contribution in [0.4, 0.5) is 4.39 Å². The molecule has 0 fully saturated rings. The molecule has 3 N–H and O–H groups in total. The number of rotatable bonds is 11. The quantitative estimate of drug-likeness (QED) is 0.250. The molecular weight excluding hydrogens is 547 g/mol. The average Bonchev–Trinajstić information content (AvgIpc) is 3.60. The molecule has 0 aliphatic rings. The lowest BCUT2D eigenvalue weighted by Gasteiger charge is -2.14. The minimum atomic E-state index is -0.775. The Morgan fingerprint density at radius 3 is 2.35 bits per heavy atom. The fourth-order valence-corrected chi connectivity index (χ4v) is 3.51. The van der Waals surface area contributed by atoms with Crippen molar-refractivity contribution in [1.82, 2.24) is 25.6 Å². The summed E-state index contributed by atoms with van der Waals surface area (Å²) >= 11 is 0. The van der Waals surface area contributed by atoms with E-state index in [0.29, 0.717) is 29.4 Å².